The number of oxazole rings is 2. The van der Waals surface area contributed by atoms with E-state index >= 15 is 0 Å². The summed E-state index contributed by atoms with van der Waals surface area (Å²) in [4.78, 5) is 76.5. The predicted molar refractivity (Wildman–Crippen MR) is 178 cm³/mol. The second kappa shape index (κ2) is 13.4. The van der Waals surface area contributed by atoms with Gasteiger partial charge < -0.3 is 20.3 Å². The van der Waals surface area contributed by atoms with Crippen LogP contribution < -0.4 is 22.1 Å². The van der Waals surface area contributed by atoms with Crippen LogP contribution in [0.1, 0.15) is 78.8 Å². The van der Waals surface area contributed by atoms with Gasteiger partial charge in [0.15, 0.2) is 23.1 Å². The highest BCUT2D eigenvalue weighted by atomic mass is 16.4. The molecule has 18 nitrogen and oxygen atoms in total. The minimum Gasteiger partial charge on any atom is -0.436 e. The molecule has 256 valence electrons. The number of rotatable bonds is 12. The van der Waals surface area contributed by atoms with Crippen molar-refractivity contribution in [3.63, 3.8) is 0 Å². The summed E-state index contributed by atoms with van der Waals surface area (Å²) in [6, 6.07) is 2.96. The Morgan fingerprint density at radius 2 is 1.10 bits per heavy atom. The fraction of sp³-hybridized carbons (Fsp3) is 0.250. The number of hydrogen-bond donors (Lipinski definition) is 4. The molecule has 0 aromatic carbocycles. The van der Waals surface area contributed by atoms with Crippen molar-refractivity contribution in [2.45, 2.75) is 53.6 Å². The number of carbonyl (C=O) groups excluding carboxylic acids is 4. The van der Waals surface area contributed by atoms with Crippen LogP contribution in [0.15, 0.2) is 45.5 Å². The first-order valence-electron chi connectivity index (χ1n) is 15.5. The van der Waals surface area contributed by atoms with Crippen molar-refractivity contribution in [3.05, 3.63) is 82.5 Å². The maximum atomic E-state index is 13.3. The SMILES string of the molecule is CCc1nc(C)oc1C(=O)Nc1nc2cc(C(N)=O)cnc2n1C/C=C/Cn1c(NC(=O)c2oc(C)nc2CC)nc2cc(C(N)=O)cnc21. The molecule has 0 aliphatic carbocycles. The van der Waals surface area contributed by atoms with E-state index in [1.807, 2.05) is 13.8 Å². The second-order valence-electron chi connectivity index (χ2n) is 11.1. The van der Waals surface area contributed by atoms with Crippen LogP contribution in [0.5, 0.6) is 0 Å². The van der Waals surface area contributed by atoms with Crippen LogP contribution in [0.25, 0.3) is 22.3 Å². The Kier molecular flexibility index (Phi) is 8.91. The molecule has 0 aliphatic rings. The zero-order chi connectivity index (χ0) is 35.7. The monoisotopic (exact) mass is 680 g/mol. The van der Waals surface area contributed by atoms with Crippen molar-refractivity contribution in [3.8, 4) is 0 Å². The van der Waals surface area contributed by atoms with Crippen LogP contribution in [0, 0.1) is 13.8 Å². The number of amides is 4. The van der Waals surface area contributed by atoms with E-state index in [0.717, 1.165) is 0 Å². The van der Waals surface area contributed by atoms with Crippen LogP contribution in [-0.2, 0) is 25.9 Å². The van der Waals surface area contributed by atoms with Gasteiger partial charge in [-0.05, 0) is 25.0 Å². The van der Waals surface area contributed by atoms with E-state index in [1.165, 1.54) is 24.5 Å². The Bertz CT molecular complexity index is 2180. The maximum Gasteiger partial charge on any atom is 0.295 e. The number of nitrogens with zero attached hydrogens (tertiary/aromatic N) is 8. The average molecular weight is 681 g/mol. The number of primary amides is 2. The third kappa shape index (κ3) is 6.40. The van der Waals surface area contributed by atoms with Gasteiger partial charge in [0.2, 0.25) is 35.2 Å². The van der Waals surface area contributed by atoms with Crippen LogP contribution in [0.4, 0.5) is 11.9 Å². The van der Waals surface area contributed by atoms with E-state index in [4.69, 9.17) is 20.3 Å². The number of fused-ring (bicyclic) bond motifs is 2. The molecular formula is C32H32N12O6. The maximum absolute atomic E-state index is 13.3. The highest BCUT2D eigenvalue weighted by Gasteiger charge is 2.23. The molecule has 0 atom stereocenters. The zero-order valence-electron chi connectivity index (χ0n) is 27.5. The van der Waals surface area contributed by atoms with Gasteiger partial charge in [0.25, 0.3) is 11.8 Å². The van der Waals surface area contributed by atoms with Gasteiger partial charge in [0.05, 0.1) is 22.5 Å². The Balaban J connectivity index is 1.32. The van der Waals surface area contributed by atoms with Gasteiger partial charge in [-0.2, -0.15) is 0 Å². The molecule has 0 bridgehead atoms. The van der Waals surface area contributed by atoms with Crippen LogP contribution in [0.2, 0.25) is 0 Å². The third-order valence-corrected chi connectivity index (χ3v) is 7.62. The molecule has 0 saturated carbocycles. The number of aromatic nitrogens is 8. The summed E-state index contributed by atoms with van der Waals surface area (Å²) in [6.07, 6.45) is 7.16. The summed E-state index contributed by atoms with van der Waals surface area (Å²) in [7, 11) is 0. The number of hydrogen-bond acceptors (Lipinski definition) is 12. The lowest BCUT2D eigenvalue weighted by Gasteiger charge is -2.08. The molecule has 0 unspecified atom stereocenters. The van der Waals surface area contributed by atoms with Crippen LogP contribution >= 0.6 is 0 Å². The van der Waals surface area contributed by atoms with Gasteiger partial charge in [-0.15, -0.1) is 0 Å². The number of nitrogens with one attached hydrogen (secondary N) is 2. The van der Waals surface area contributed by atoms with Crippen molar-refractivity contribution in [1.82, 2.24) is 39.0 Å². The molecule has 18 heteroatoms. The Labute approximate surface area is 283 Å². The number of anilines is 2. The normalized spacial score (nSPS) is 11.5. The molecule has 6 rings (SSSR count). The van der Waals surface area contributed by atoms with E-state index in [2.05, 4.69) is 40.5 Å². The Morgan fingerprint density at radius 3 is 1.46 bits per heavy atom. The fourth-order valence-corrected chi connectivity index (χ4v) is 5.28. The number of pyridine rings is 2. The second-order valence-corrected chi connectivity index (χ2v) is 11.1. The van der Waals surface area contributed by atoms with Gasteiger partial charge >= 0.3 is 0 Å². The van der Waals surface area contributed by atoms with Gasteiger partial charge in [0.1, 0.15) is 11.0 Å². The molecule has 6 aromatic rings. The molecule has 0 fully saturated rings. The van der Waals surface area contributed by atoms with Crippen molar-refractivity contribution >= 4 is 57.9 Å². The topological polar surface area (TPSA) is 258 Å². The van der Waals surface area contributed by atoms with E-state index in [0.29, 0.717) is 58.3 Å². The highest BCUT2D eigenvalue weighted by molar-refractivity contribution is 6.04. The molecule has 6 aromatic heterocycles. The van der Waals surface area contributed by atoms with Gasteiger partial charge in [0, 0.05) is 39.3 Å². The number of carbonyl (C=O) groups is 4. The Hall–Kier alpha value is -6.72. The molecule has 6 N–H and O–H groups in total. The number of imidazole rings is 2. The van der Waals surface area contributed by atoms with Crippen molar-refractivity contribution in [1.29, 1.82) is 0 Å². The summed E-state index contributed by atoms with van der Waals surface area (Å²) in [6.45, 7) is 7.33. The van der Waals surface area contributed by atoms with Gasteiger partial charge in [-0.3, -0.25) is 38.9 Å². The Morgan fingerprint density at radius 1 is 0.700 bits per heavy atom. The third-order valence-electron chi connectivity index (χ3n) is 7.62. The quantitative estimate of drug-likeness (QED) is 0.136. The highest BCUT2D eigenvalue weighted by Crippen LogP contribution is 2.23. The largest absolute Gasteiger partial charge is 0.436 e. The minimum absolute atomic E-state index is 0.0602. The summed E-state index contributed by atoms with van der Waals surface area (Å²) in [5.41, 5.74) is 13.6. The summed E-state index contributed by atoms with van der Waals surface area (Å²) in [5, 5.41) is 5.54. The van der Waals surface area contributed by atoms with E-state index in [-0.39, 0.29) is 47.6 Å². The van der Waals surface area contributed by atoms with Crippen molar-refractivity contribution in [2.75, 3.05) is 10.6 Å². The molecule has 0 aliphatic heterocycles. The van der Waals surface area contributed by atoms with Crippen LogP contribution in [0.3, 0.4) is 0 Å². The first-order valence-corrected chi connectivity index (χ1v) is 15.5. The molecule has 0 spiro atoms. The lowest BCUT2D eigenvalue weighted by atomic mass is 10.2. The molecule has 0 saturated heterocycles. The van der Waals surface area contributed by atoms with E-state index in [1.54, 1.807) is 35.1 Å². The van der Waals surface area contributed by atoms with Gasteiger partial charge in [-0.25, -0.2) is 29.9 Å². The molecule has 6 heterocycles. The average Bonchev–Trinajstić information content (AvgIpc) is 3.84. The van der Waals surface area contributed by atoms with E-state index < -0.39 is 23.6 Å². The number of allylic oxidation sites excluding steroid dienone is 2. The zero-order valence-corrected chi connectivity index (χ0v) is 27.5. The molecule has 0 radical (unpaired) electrons. The smallest absolute Gasteiger partial charge is 0.295 e. The number of nitrogens with two attached hydrogens (primary N) is 2. The summed E-state index contributed by atoms with van der Waals surface area (Å²) < 4.78 is 14.4. The molecule has 4 amide bonds. The first-order chi connectivity index (χ1) is 24.0. The standard InChI is InChI=1S/C32H32N12O6/c1-5-19-23(49-15(3)37-19)29(47)41-31-39-21-11-17(25(33)45)13-35-27(21)43(31)9-7-8-10-44-28-22(12-18(14-36-28)26(34)46)40-32(44)42-30(48)24-20(6-2)38-16(4)50-24/h7-8,11-14H,5-6,9-10H2,1-4H3,(H2,33,45)(H2,34,46)(H,39,41,47)(H,40,42,48)/b8-7+. The lowest BCUT2D eigenvalue weighted by molar-refractivity contribution is 0.0985. The fourth-order valence-electron chi connectivity index (χ4n) is 5.28. The van der Waals surface area contributed by atoms with E-state index in [9.17, 15) is 19.2 Å². The molecular weight excluding hydrogens is 648 g/mol. The lowest BCUT2D eigenvalue weighted by Crippen LogP contribution is -2.17. The van der Waals surface area contributed by atoms with Crippen molar-refractivity contribution in [2.24, 2.45) is 11.5 Å². The summed E-state index contributed by atoms with van der Waals surface area (Å²) in [5.74, 6) is -1.39. The number of aryl methyl sites for hydroxylation is 4. The van der Waals surface area contributed by atoms with Gasteiger partial charge in [-0.1, -0.05) is 26.0 Å². The van der Waals surface area contributed by atoms with Crippen molar-refractivity contribution < 1.29 is 28.0 Å². The summed E-state index contributed by atoms with van der Waals surface area (Å²) >= 11 is 0. The minimum atomic E-state index is -0.680. The molecule has 50 heavy (non-hydrogen) atoms. The van der Waals surface area contributed by atoms with Crippen LogP contribution in [-0.4, -0.2) is 62.7 Å². The first kappa shape index (κ1) is 33.2. The predicted octanol–water partition coefficient (Wildman–Crippen LogP) is 2.85.